The maximum atomic E-state index is 5.78. The molecule has 18 heavy (non-hydrogen) atoms. The first-order valence-corrected chi connectivity index (χ1v) is 7.01. The molecule has 1 heterocycles. The van der Waals surface area contributed by atoms with E-state index in [1.807, 2.05) is 13.0 Å². The molecule has 1 N–H and O–H groups in total. The SMILES string of the molecule is CCCNCc1ccc(OC(C)CCC)nc1C. The Morgan fingerprint density at radius 1 is 1.28 bits per heavy atom. The van der Waals surface area contributed by atoms with E-state index in [2.05, 4.69) is 37.1 Å². The minimum atomic E-state index is 0.242. The third kappa shape index (κ3) is 5.05. The summed E-state index contributed by atoms with van der Waals surface area (Å²) in [5, 5.41) is 3.39. The Balaban J connectivity index is 2.55. The molecule has 0 spiro atoms. The molecular weight excluding hydrogens is 224 g/mol. The van der Waals surface area contributed by atoms with E-state index in [0.717, 1.165) is 43.9 Å². The Kier molecular flexibility index (Phi) is 6.73. The monoisotopic (exact) mass is 250 g/mol. The van der Waals surface area contributed by atoms with Crippen molar-refractivity contribution < 1.29 is 4.74 Å². The van der Waals surface area contributed by atoms with Gasteiger partial charge in [-0.3, -0.25) is 0 Å². The largest absolute Gasteiger partial charge is 0.475 e. The molecule has 1 atom stereocenters. The first-order valence-electron chi connectivity index (χ1n) is 7.01. The summed E-state index contributed by atoms with van der Waals surface area (Å²) in [6, 6.07) is 4.08. The maximum absolute atomic E-state index is 5.78. The molecule has 0 aliphatic heterocycles. The third-order valence-electron chi connectivity index (χ3n) is 2.93. The van der Waals surface area contributed by atoms with Gasteiger partial charge in [0.2, 0.25) is 5.88 Å². The van der Waals surface area contributed by atoms with Crippen LogP contribution in [0.1, 0.15) is 51.3 Å². The zero-order valence-corrected chi connectivity index (χ0v) is 12.1. The zero-order chi connectivity index (χ0) is 13.4. The summed E-state index contributed by atoms with van der Waals surface area (Å²) in [7, 11) is 0. The van der Waals surface area contributed by atoms with Gasteiger partial charge < -0.3 is 10.1 Å². The lowest BCUT2D eigenvalue weighted by molar-refractivity contribution is 0.201. The summed E-state index contributed by atoms with van der Waals surface area (Å²) < 4.78 is 5.78. The molecule has 3 nitrogen and oxygen atoms in total. The van der Waals surface area contributed by atoms with Gasteiger partial charge in [-0.25, -0.2) is 4.98 Å². The van der Waals surface area contributed by atoms with E-state index in [4.69, 9.17) is 4.74 Å². The second-order valence-corrected chi connectivity index (χ2v) is 4.79. The van der Waals surface area contributed by atoms with Gasteiger partial charge in [0.25, 0.3) is 0 Å². The fraction of sp³-hybridized carbons (Fsp3) is 0.667. The average molecular weight is 250 g/mol. The minimum absolute atomic E-state index is 0.242. The van der Waals surface area contributed by atoms with E-state index in [0.29, 0.717) is 0 Å². The normalized spacial score (nSPS) is 12.4. The summed E-state index contributed by atoms with van der Waals surface area (Å²) in [5.41, 5.74) is 2.30. The number of hydrogen-bond acceptors (Lipinski definition) is 3. The van der Waals surface area contributed by atoms with Gasteiger partial charge in [-0.2, -0.15) is 0 Å². The van der Waals surface area contributed by atoms with Gasteiger partial charge in [0.15, 0.2) is 0 Å². The fourth-order valence-corrected chi connectivity index (χ4v) is 1.89. The summed E-state index contributed by atoms with van der Waals surface area (Å²) in [6.45, 7) is 10.4. The number of aromatic nitrogens is 1. The average Bonchev–Trinajstić information content (AvgIpc) is 2.32. The number of nitrogens with zero attached hydrogens (tertiary/aromatic N) is 1. The van der Waals surface area contributed by atoms with Crippen molar-refractivity contribution in [1.29, 1.82) is 0 Å². The highest BCUT2D eigenvalue weighted by molar-refractivity contribution is 5.25. The van der Waals surface area contributed by atoms with Gasteiger partial charge in [-0.15, -0.1) is 0 Å². The van der Waals surface area contributed by atoms with Crippen LogP contribution in [0.5, 0.6) is 5.88 Å². The highest BCUT2D eigenvalue weighted by Crippen LogP contribution is 2.15. The van der Waals surface area contributed by atoms with Crippen LogP contribution in [0.2, 0.25) is 0 Å². The summed E-state index contributed by atoms with van der Waals surface area (Å²) in [5.74, 6) is 0.743. The first-order chi connectivity index (χ1) is 8.67. The second-order valence-electron chi connectivity index (χ2n) is 4.79. The van der Waals surface area contributed by atoms with Crippen molar-refractivity contribution in [3.8, 4) is 5.88 Å². The highest BCUT2D eigenvalue weighted by Gasteiger charge is 2.06. The number of pyridine rings is 1. The highest BCUT2D eigenvalue weighted by atomic mass is 16.5. The molecule has 0 fully saturated rings. The third-order valence-corrected chi connectivity index (χ3v) is 2.93. The number of ether oxygens (including phenoxy) is 1. The van der Waals surface area contributed by atoms with E-state index in [1.165, 1.54) is 5.56 Å². The fourth-order valence-electron chi connectivity index (χ4n) is 1.89. The lowest BCUT2D eigenvalue weighted by atomic mass is 10.2. The molecular formula is C15H26N2O. The number of aryl methyl sites for hydroxylation is 1. The topological polar surface area (TPSA) is 34.1 Å². The first kappa shape index (κ1) is 15.0. The number of rotatable bonds is 8. The van der Waals surface area contributed by atoms with Crippen LogP contribution < -0.4 is 10.1 Å². The lowest BCUT2D eigenvalue weighted by Crippen LogP contribution is -2.16. The van der Waals surface area contributed by atoms with E-state index in [-0.39, 0.29) is 6.10 Å². The Labute approximate surface area is 111 Å². The summed E-state index contributed by atoms with van der Waals surface area (Å²) in [4.78, 5) is 4.51. The van der Waals surface area contributed by atoms with E-state index in [9.17, 15) is 0 Å². The molecule has 0 saturated heterocycles. The number of nitrogens with one attached hydrogen (secondary N) is 1. The van der Waals surface area contributed by atoms with Gasteiger partial charge in [0.05, 0.1) is 6.10 Å². The smallest absolute Gasteiger partial charge is 0.213 e. The van der Waals surface area contributed by atoms with Gasteiger partial charge in [0, 0.05) is 18.3 Å². The van der Waals surface area contributed by atoms with Crippen molar-refractivity contribution in [2.45, 2.75) is 59.6 Å². The van der Waals surface area contributed by atoms with Crippen molar-refractivity contribution in [2.75, 3.05) is 6.54 Å². The molecule has 0 aromatic carbocycles. The standard InChI is InChI=1S/C15H26N2O/c1-5-7-12(3)18-15-9-8-14(13(4)17-15)11-16-10-6-2/h8-9,12,16H,5-7,10-11H2,1-4H3. The van der Waals surface area contributed by atoms with Crippen LogP contribution in [-0.4, -0.2) is 17.6 Å². The molecule has 0 aliphatic rings. The summed E-state index contributed by atoms with van der Waals surface area (Å²) >= 11 is 0. The van der Waals surface area contributed by atoms with Crippen molar-refractivity contribution >= 4 is 0 Å². The predicted molar refractivity (Wildman–Crippen MR) is 76.0 cm³/mol. The van der Waals surface area contributed by atoms with Crippen molar-refractivity contribution in [3.63, 3.8) is 0 Å². The molecule has 0 amide bonds. The Morgan fingerprint density at radius 2 is 2.06 bits per heavy atom. The molecule has 1 aromatic rings. The predicted octanol–water partition coefficient (Wildman–Crippen LogP) is 3.46. The molecule has 0 saturated carbocycles. The molecule has 102 valence electrons. The summed E-state index contributed by atoms with van der Waals surface area (Å²) in [6.07, 6.45) is 3.60. The van der Waals surface area contributed by atoms with Crippen LogP contribution in [0.4, 0.5) is 0 Å². The Bertz CT molecular complexity index is 352. The molecule has 0 radical (unpaired) electrons. The van der Waals surface area contributed by atoms with Gasteiger partial charge >= 0.3 is 0 Å². The van der Waals surface area contributed by atoms with Gasteiger partial charge in [-0.05, 0) is 38.8 Å². The molecule has 0 aliphatic carbocycles. The van der Waals surface area contributed by atoms with Crippen molar-refractivity contribution in [1.82, 2.24) is 10.3 Å². The van der Waals surface area contributed by atoms with E-state index < -0.39 is 0 Å². The number of hydrogen-bond donors (Lipinski definition) is 1. The Morgan fingerprint density at radius 3 is 2.67 bits per heavy atom. The van der Waals surface area contributed by atoms with E-state index >= 15 is 0 Å². The van der Waals surface area contributed by atoms with Crippen LogP contribution in [0.3, 0.4) is 0 Å². The van der Waals surface area contributed by atoms with Crippen LogP contribution in [0.15, 0.2) is 12.1 Å². The lowest BCUT2D eigenvalue weighted by Gasteiger charge is -2.14. The van der Waals surface area contributed by atoms with Gasteiger partial charge in [-0.1, -0.05) is 26.3 Å². The second kappa shape index (κ2) is 8.09. The minimum Gasteiger partial charge on any atom is -0.475 e. The molecule has 1 unspecified atom stereocenters. The molecule has 3 heteroatoms. The molecule has 1 rings (SSSR count). The maximum Gasteiger partial charge on any atom is 0.213 e. The van der Waals surface area contributed by atoms with Gasteiger partial charge in [0.1, 0.15) is 0 Å². The van der Waals surface area contributed by atoms with Crippen LogP contribution in [0.25, 0.3) is 0 Å². The van der Waals surface area contributed by atoms with Crippen LogP contribution in [0, 0.1) is 6.92 Å². The quantitative estimate of drug-likeness (QED) is 0.717. The molecule has 0 bridgehead atoms. The van der Waals surface area contributed by atoms with Crippen molar-refractivity contribution in [2.24, 2.45) is 0 Å². The Hall–Kier alpha value is -1.09. The van der Waals surface area contributed by atoms with Crippen LogP contribution >= 0.6 is 0 Å². The zero-order valence-electron chi connectivity index (χ0n) is 12.1. The molecule has 1 aromatic heterocycles. The van der Waals surface area contributed by atoms with Crippen LogP contribution in [-0.2, 0) is 6.54 Å². The van der Waals surface area contributed by atoms with E-state index in [1.54, 1.807) is 0 Å². The van der Waals surface area contributed by atoms with Crippen molar-refractivity contribution in [3.05, 3.63) is 23.4 Å².